The fourth-order valence-corrected chi connectivity index (χ4v) is 15.3. The lowest BCUT2D eigenvalue weighted by Gasteiger charge is -2.41. The Kier molecular flexibility index (Phi) is 19.3. The molecule has 2 aromatic carbocycles. The molecule has 5 N–H and O–H groups in total. The van der Waals surface area contributed by atoms with Gasteiger partial charge in [-0.3, -0.25) is 14.4 Å². The number of carboxylic acids is 1. The highest BCUT2D eigenvalue weighted by molar-refractivity contribution is 8.00. The molecule has 0 saturated carbocycles. The molecule has 5 amide bonds. The summed E-state index contributed by atoms with van der Waals surface area (Å²) >= 11 is 7.59. The molecule has 0 radical (unpaired) electrons. The van der Waals surface area contributed by atoms with Crippen LogP contribution in [0.15, 0.2) is 65.4 Å². The average Bonchev–Trinajstić information content (AvgIpc) is 3.94. The summed E-state index contributed by atoms with van der Waals surface area (Å²) in [6, 6.07) is 10.6. The van der Waals surface area contributed by atoms with Crippen LogP contribution in [0.1, 0.15) is 83.2 Å². The minimum atomic E-state index is -2.65. The van der Waals surface area contributed by atoms with Crippen molar-refractivity contribution in [2.45, 2.75) is 93.6 Å². The van der Waals surface area contributed by atoms with Crippen LogP contribution >= 0.6 is 23.4 Å². The van der Waals surface area contributed by atoms with Crippen LogP contribution in [0.3, 0.4) is 0 Å². The van der Waals surface area contributed by atoms with Crippen molar-refractivity contribution in [2.75, 3.05) is 102 Å². The van der Waals surface area contributed by atoms with Gasteiger partial charge in [0.1, 0.15) is 14.2 Å². The number of aromatic carboxylic acids is 1. The largest absolute Gasteiger partial charge is 0.545 e. The number of hydrogen-bond donors (Lipinski definition) is 5. The van der Waals surface area contributed by atoms with E-state index in [0.29, 0.717) is 60.8 Å². The number of carbonyl (C=O) groups excluding carboxylic acids is 5. The van der Waals surface area contributed by atoms with Crippen LogP contribution in [0.4, 0.5) is 19.3 Å². The van der Waals surface area contributed by atoms with Crippen LogP contribution in [-0.4, -0.2) is 174 Å². The van der Waals surface area contributed by atoms with E-state index in [1.165, 1.54) is 12.1 Å². The number of amides is 5. The Hall–Kier alpha value is -5.12. The number of carbonyl (C=O) groups is 5. The number of alkyl halides is 3. The summed E-state index contributed by atoms with van der Waals surface area (Å²) in [4.78, 5) is 65.6. The Bertz CT molecular complexity index is 2590. The van der Waals surface area contributed by atoms with Gasteiger partial charge < -0.3 is 55.6 Å². The van der Waals surface area contributed by atoms with Gasteiger partial charge in [0.15, 0.2) is 18.8 Å². The van der Waals surface area contributed by atoms with Gasteiger partial charge in [-0.2, -0.15) is 11.8 Å². The van der Waals surface area contributed by atoms with Crippen molar-refractivity contribution in [2.24, 2.45) is 0 Å². The number of unbranched alkanes of at least 4 members (excludes halogenated alkanes) is 4. The second-order valence-corrected chi connectivity index (χ2v) is 26.5. The van der Waals surface area contributed by atoms with Crippen molar-refractivity contribution in [1.82, 2.24) is 26.6 Å². The van der Waals surface area contributed by atoms with Crippen molar-refractivity contribution < 1.29 is 56.6 Å². The van der Waals surface area contributed by atoms with Crippen molar-refractivity contribution in [3.63, 3.8) is 0 Å². The zero-order chi connectivity index (χ0) is 53.1. The summed E-state index contributed by atoms with van der Waals surface area (Å²) in [7, 11) is -2.65. The van der Waals surface area contributed by atoms with Gasteiger partial charge in [0.2, 0.25) is 5.91 Å². The lowest BCUT2D eigenvalue weighted by atomic mass is 9.86. The average molecular weight is 1090 g/mol. The van der Waals surface area contributed by atoms with Gasteiger partial charge in [-0.1, -0.05) is 44.5 Å². The lowest BCUT2D eigenvalue weighted by Crippen LogP contribution is -2.64. The van der Waals surface area contributed by atoms with E-state index in [9.17, 15) is 33.5 Å². The number of allylic oxidation sites excluding steroid dienone is 5. The summed E-state index contributed by atoms with van der Waals surface area (Å²) in [6.45, 7) is 7.28. The maximum Gasteiger partial charge on any atom is 0.315 e. The number of benzene rings is 2. The Morgan fingerprint density at radius 3 is 2.33 bits per heavy atom. The molecule has 2 aromatic rings. The number of urea groups is 1. The molecular weight excluding hydrogens is 1020 g/mol. The van der Waals surface area contributed by atoms with Crippen LogP contribution in [0.5, 0.6) is 0 Å². The summed E-state index contributed by atoms with van der Waals surface area (Å²) in [5.41, 5.74) is 2.03. The number of nitrogens with zero attached hydrogens (tertiary/aromatic N) is 2. The molecule has 5 aliphatic heterocycles. The molecule has 0 unspecified atom stereocenters. The van der Waals surface area contributed by atoms with E-state index in [4.69, 9.17) is 25.8 Å². The molecule has 1 aliphatic carbocycles. The first kappa shape index (κ1) is 56.1. The highest BCUT2D eigenvalue weighted by atomic mass is 35.5. The fourth-order valence-electron chi connectivity index (χ4n) is 10.5. The number of fused-ring (bicyclic) bond motifs is 3. The van der Waals surface area contributed by atoms with E-state index in [0.717, 1.165) is 77.9 Å². The molecule has 6 aliphatic rings. The number of thioether (sulfide) groups is 1. The minimum absolute atomic E-state index is 0.0665. The number of rotatable bonds is 28. The van der Waals surface area contributed by atoms with E-state index in [2.05, 4.69) is 45.7 Å². The van der Waals surface area contributed by atoms with Crippen molar-refractivity contribution in [3.05, 3.63) is 87.6 Å². The first-order valence-electron chi connectivity index (χ1n) is 26.3. The zero-order valence-electron chi connectivity index (χ0n) is 42.9. The van der Waals surface area contributed by atoms with Gasteiger partial charge in [0.25, 0.3) is 11.8 Å². The fraction of sp³-hybridized carbons (Fsp3) is 0.556. The SMILES string of the molecule is C[Si]1(C)C2=CC(=[N+]3CC(F)(C(=O)NCCOCCNC(=O)CCCC[C@@H]4SC[C@@H]5NC(=O)N[C@@H]54)C3)C=CC2=C(c2cc(C(=O)NCCOCCOCCCCCCCl)ccc2C(=O)[O-])c2ccc(N3CC(F)C3)cc21. The molecule has 0 spiro atoms. The van der Waals surface area contributed by atoms with Crippen LogP contribution in [-0.2, 0) is 23.8 Å². The summed E-state index contributed by atoms with van der Waals surface area (Å²) < 4.78 is 49.0. The summed E-state index contributed by atoms with van der Waals surface area (Å²) in [5, 5.41) is 29.5. The van der Waals surface area contributed by atoms with Crippen molar-refractivity contribution >= 4 is 83.3 Å². The second kappa shape index (κ2) is 25.8. The topological polar surface area (TPSA) is 202 Å². The van der Waals surface area contributed by atoms with Crippen molar-refractivity contribution in [3.8, 4) is 0 Å². The molecule has 4 fully saturated rings. The number of carboxylic acid groups (broad SMARTS) is 1. The molecule has 406 valence electrons. The molecule has 21 heteroatoms. The minimum Gasteiger partial charge on any atom is -0.545 e. The molecule has 0 bridgehead atoms. The smallest absolute Gasteiger partial charge is 0.315 e. The molecule has 5 heterocycles. The Labute approximate surface area is 447 Å². The van der Waals surface area contributed by atoms with Gasteiger partial charge in [-0.25, -0.2) is 18.2 Å². The predicted octanol–water partition coefficient (Wildman–Crippen LogP) is 3.69. The van der Waals surface area contributed by atoms with Gasteiger partial charge in [-0.15, -0.1) is 11.6 Å². The monoisotopic (exact) mass is 1090 g/mol. The first-order chi connectivity index (χ1) is 36.2. The molecular formula is C54H70ClF2N7O9SSi. The van der Waals surface area contributed by atoms with E-state index in [1.807, 2.05) is 47.0 Å². The van der Waals surface area contributed by atoms with E-state index in [-0.39, 0.29) is 94.2 Å². The molecule has 0 aromatic heterocycles. The van der Waals surface area contributed by atoms with Gasteiger partial charge in [-0.05, 0) is 88.7 Å². The van der Waals surface area contributed by atoms with Crippen LogP contribution in [0.2, 0.25) is 13.1 Å². The second-order valence-electron chi connectivity index (χ2n) is 20.5. The Morgan fingerprint density at radius 1 is 0.867 bits per heavy atom. The predicted molar refractivity (Wildman–Crippen MR) is 287 cm³/mol. The zero-order valence-corrected chi connectivity index (χ0v) is 45.5. The van der Waals surface area contributed by atoms with Crippen LogP contribution in [0.25, 0.3) is 5.57 Å². The van der Waals surface area contributed by atoms with E-state index >= 15 is 4.39 Å². The van der Waals surface area contributed by atoms with Crippen LogP contribution < -0.4 is 41.8 Å². The van der Waals surface area contributed by atoms with Gasteiger partial charge >= 0.3 is 11.7 Å². The van der Waals surface area contributed by atoms with Gasteiger partial charge in [0.05, 0.1) is 64.2 Å². The van der Waals surface area contributed by atoms with E-state index < -0.39 is 37.7 Å². The van der Waals surface area contributed by atoms with Crippen LogP contribution in [0, 0.1) is 0 Å². The first-order valence-corrected chi connectivity index (χ1v) is 30.9. The number of hydrogen-bond acceptors (Lipinski definition) is 11. The number of nitrogens with one attached hydrogen (secondary N) is 5. The third-order valence-electron chi connectivity index (χ3n) is 14.8. The van der Waals surface area contributed by atoms with Gasteiger partial charge in [0, 0.05) is 78.5 Å². The molecule has 75 heavy (non-hydrogen) atoms. The summed E-state index contributed by atoms with van der Waals surface area (Å²) in [5.74, 6) is -1.05. The number of ether oxygens (including phenoxy) is 3. The molecule has 4 saturated heterocycles. The molecule has 3 atom stereocenters. The molecule has 8 rings (SSSR count). The number of anilines is 1. The third kappa shape index (κ3) is 13.7. The normalized spacial score (nSPS) is 22.3. The Morgan fingerprint density at radius 2 is 1.59 bits per heavy atom. The quantitative estimate of drug-likeness (QED) is 0.0274. The number of halogens is 3. The highest BCUT2D eigenvalue weighted by Crippen LogP contribution is 2.44. The van der Waals surface area contributed by atoms with E-state index in [1.54, 1.807) is 10.6 Å². The maximum atomic E-state index is 16.1. The van der Waals surface area contributed by atoms with Crippen molar-refractivity contribution in [1.29, 1.82) is 0 Å². The maximum absolute atomic E-state index is 16.1. The standard InChI is InChI=1S/C54H70ClF2N7O9SSi/c1-75(2)45-28-37(63-30-36(56)31-63)12-15-40(45)48(42-27-35(11-14-39(42)51(67)68)50(66)59-19-23-73-26-25-71-21-8-4-3-7-17-55)41-16-13-38(29-46(41)75)64-33-54(57,34-64)52(69)60-20-24-72-22-18-58-47(65)10-6-5-9-44-49-43(32-74-44)61-53(70)62-49/h11-16,27-29,36,43-44,49H,3-10,17-26,30-34H2,1-2H3,(H5-,58,59,60,61,62,65,66,67,68,69,70)/t43-,44-,49-/m0/s1. The molecule has 16 nitrogen and oxygen atoms in total. The highest BCUT2D eigenvalue weighted by Gasteiger charge is 2.57. The lowest BCUT2D eigenvalue weighted by molar-refractivity contribution is -0.612. The summed E-state index contributed by atoms with van der Waals surface area (Å²) in [6.07, 6.45) is 11.9. The third-order valence-corrected chi connectivity index (χ3v) is 20.1. The Balaban J connectivity index is 0.869.